The highest BCUT2D eigenvalue weighted by Crippen LogP contribution is 2.41. The van der Waals surface area contributed by atoms with Gasteiger partial charge in [-0.15, -0.1) is 0 Å². The van der Waals surface area contributed by atoms with Crippen molar-refractivity contribution < 1.29 is 19.4 Å². The predicted molar refractivity (Wildman–Crippen MR) is 128 cm³/mol. The lowest BCUT2D eigenvalue weighted by molar-refractivity contribution is -0.142. The van der Waals surface area contributed by atoms with Crippen LogP contribution in [0.4, 0.5) is 5.69 Å². The summed E-state index contributed by atoms with van der Waals surface area (Å²) < 4.78 is 5.09. The van der Waals surface area contributed by atoms with E-state index < -0.39 is 12.3 Å². The van der Waals surface area contributed by atoms with Gasteiger partial charge in [-0.2, -0.15) is 0 Å². The van der Waals surface area contributed by atoms with Crippen LogP contribution in [-0.4, -0.2) is 41.9 Å². The Kier molecular flexibility index (Phi) is 7.80. The van der Waals surface area contributed by atoms with Gasteiger partial charge in [-0.3, -0.25) is 19.9 Å². The smallest absolute Gasteiger partial charge is 0.306 e. The quantitative estimate of drug-likeness (QED) is 0.422. The minimum atomic E-state index is -0.988. The Bertz CT molecular complexity index is 1060. The monoisotopic (exact) mass is 467 g/mol. The van der Waals surface area contributed by atoms with E-state index in [0.29, 0.717) is 31.6 Å². The van der Waals surface area contributed by atoms with Crippen LogP contribution < -0.4 is 10.6 Å². The molecule has 2 aliphatic heterocycles. The number of aliphatic hydroxyl groups is 1. The number of hydrogen-bond donors (Lipinski definition) is 3. The average molecular weight is 468 g/mol. The molecule has 8 heteroatoms. The van der Waals surface area contributed by atoms with E-state index in [1.807, 2.05) is 42.5 Å². The Labute approximate surface area is 198 Å². The lowest BCUT2D eigenvalue weighted by atomic mass is 10.0. The van der Waals surface area contributed by atoms with Gasteiger partial charge in [0.25, 0.3) is 0 Å². The fraction of sp³-hybridized carbons (Fsp3) is 0.400. The Hall–Kier alpha value is -2.68. The number of nitrogens with one attached hydrogen (secondary N) is 2. The number of carbonyl (C=O) groups is 2. The fourth-order valence-electron chi connectivity index (χ4n) is 4.03. The van der Waals surface area contributed by atoms with Gasteiger partial charge in [-0.05, 0) is 49.9 Å². The number of carbonyl (C=O) groups excluding carboxylic acids is 2. The van der Waals surface area contributed by atoms with Gasteiger partial charge in [0, 0.05) is 28.3 Å². The highest BCUT2D eigenvalue weighted by molar-refractivity contribution is 7.99. The maximum Gasteiger partial charge on any atom is 0.306 e. The third kappa shape index (κ3) is 5.82. The molecule has 4 rings (SSSR count). The molecule has 0 saturated carbocycles. The normalized spacial score (nSPS) is 18.7. The standard InChI is InChI=1S/C25H29N3O4S/c1-2-32-23(29)13-11-18-17-7-3-4-9-21(17)33-22-12-10-16(15-20(22)27-18)24(30)28-19-8-5-6-14-26-25(19)31/h3-4,7,9-10,12,15,19,24,28,30H,2,5-6,8,11,13-14H2,1H3,(H,26,31). The number of benzene rings is 2. The van der Waals surface area contributed by atoms with Crippen LogP contribution in [0.3, 0.4) is 0 Å². The topological polar surface area (TPSA) is 100 Å². The van der Waals surface area contributed by atoms with Gasteiger partial charge in [0.1, 0.15) is 6.23 Å². The molecule has 174 valence electrons. The van der Waals surface area contributed by atoms with E-state index in [0.717, 1.165) is 39.6 Å². The Morgan fingerprint density at radius 2 is 2.12 bits per heavy atom. The highest BCUT2D eigenvalue weighted by Gasteiger charge is 2.24. The number of ether oxygens (including phenoxy) is 1. The summed E-state index contributed by atoms with van der Waals surface area (Å²) in [6.45, 7) is 2.82. The molecular formula is C25H29N3O4S. The molecule has 1 amide bonds. The van der Waals surface area contributed by atoms with E-state index in [9.17, 15) is 14.7 Å². The molecule has 7 nitrogen and oxygen atoms in total. The van der Waals surface area contributed by atoms with E-state index >= 15 is 0 Å². The molecular weight excluding hydrogens is 438 g/mol. The molecule has 0 aromatic heterocycles. The van der Waals surface area contributed by atoms with Crippen LogP contribution >= 0.6 is 11.8 Å². The average Bonchev–Trinajstić information content (AvgIpc) is 3.11. The minimum Gasteiger partial charge on any atom is -0.466 e. The zero-order chi connectivity index (χ0) is 23.2. The molecule has 33 heavy (non-hydrogen) atoms. The highest BCUT2D eigenvalue weighted by atomic mass is 32.2. The van der Waals surface area contributed by atoms with E-state index in [2.05, 4.69) is 10.6 Å². The molecule has 1 fully saturated rings. The molecule has 1 saturated heterocycles. The molecule has 0 radical (unpaired) electrons. The van der Waals surface area contributed by atoms with Crippen LogP contribution in [0.15, 0.2) is 57.2 Å². The summed E-state index contributed by atoms with van der Waals surface area (Å²) in [5.74, 6) is -0.323. The van der Waals surface area contributed by atoms with E-state index in [-0.39, 0.29) is 18.3 Å². The second-order valence-electron chi connectivity index (χ2n) is 8.10. The van der Waals surface area contributed by atoms with Crippen LogP contribution in [0.2, 0.25) is 0 Å². The van der Waals surface area contributed by atoms with Gasteiger partial charge in [0.05, 0.1) is 30.5 Å². The summed E-state index contributed by atoms with van der Waals surface area (Å²) in [5, 5.41) is 16.8. The number of amides is 1. The molecule has 2 heterocycles. The van der Waals surface area contributed by atoms with Crippen molar-refractivity contribution >= 4 is 35.0 Å². The Morgan fingerprint density at radius 3 is 2.97 bits per heavy atom. The van der Waals surface area contributed by atoms with E-state index in [1.165, 1.54) is 0 Å². The molecule has 2 unspecified atom stereocenters. The molecule has 0 spiro atoms. The summed E-state index contributed by atoms with van der Waals surface area (Å²) in [4.78, 5) is 31.2. The van der Waals surface area contributed by atoms with Crippen molar-refractivity contribution in [3.8, 4) is 0 Å². The van der Waals surface area contributed by atoms with Crippen molar-refractivity contribution in [1.82, 2.24) is 10.6 Å². The first kappa shape index (κ1) is 23.5. The predicted octanol–water partition coefficient (Wildman–Crippen LogP) is 3.86. The summed E-state index contributed by atoms with van der Waals surface area (Å²) in [6.07, 6.45) is 2.29. The summed E-state index contributed by atoms with van der Waals surface area (Å²) in [6, 6.07) is 13.2. The summed E-state index contributed by atoms with van der Waals surface area (Å²) >= 11 is 1.61. The number of hydrogen-bond acceptors (Lipinski definition) is 7. The maximum absolute atomic E-state index is 12.3. The number of aliphatic imine (C=N–C) groups is 1. The van der Waals surface area contributed by atoms with Crippen molar-refractivity contribution in [2.75, 3.05) is 13.2 Å². The van der Waals surface area contributed by atoms with E-state index in [1.54, 1.807) is 18.7 Å². The van der Waals surface area contributed by atoms with Crippen molar-refractivity contribution in [3.05, 3.63) is 53.6 Å². The summed E-state index contributed by atoms with van der Waals surface area (Å²) in [5.41, 5.74) is 3.19. The summed E-state index contributed by atoms with van der Waals surface area (Å²) in [7, 11) is 0. The Morgan fingerprint density at radius 1 is 1.27 bits per heavy atom. The van der Waals surface area contributed by atoms with Crippen LogP contribution in [0, 0.1) is 0 Å². The zero-order valence-corrected chi connectivity index (χ0v) is 19.5. The molecule has 2 aliphatic rings. The first-order valence-electron chi connectivity index (χ1n) is 11.4. The molecule has 3 N–H and O–H groups in total. The molecule has 0 bridgehead atoms. The fourth-order valence-corrected chi connectivity index (χ4v) is 5.05. The maximum atomic E-state index is 12.3. The van der Waals surface area contributed by atoms with Crippen LogP contribution in [0.25, 0.3) is 0 Å². The number of rotatable bonds is 7. The third-order valence-electron chi connectivity index (χ3n) is 5.74. The lowest BCUT2D eigenvalue weighted by Gasteiger charge is -2.21. The minimum absolute atomic E-state index is 0.0772. The van der Waals surface area contributed by atoms with Gasteiger partial charge in [-0.1, -0.05) is 36.0 Å². The Balaban J connectivity index is 1.59. The number of aliphatic hydroxyl groups excluding tert-OH is 1. The zero-order valence-electron chi connectivity index (χ0n) is 18.7. The van der Waals surface area contributed by atoms with Crippen LogP contribution in [-0.2, 0) is 14.3 Å². The number of esters is 1. The van der Waals surface area contributed by atoms with Crippen LogP contribution in [0.5, 0.6) is 0 Å². The number of fused-ring (bicyclic) bond motifs is 2. The van der Waals surface area contributed by atoms with Gasteiger partial charge in [0.15, 0.2) is 0 Å². The van der Waals surface area contributed by atoms with Crippen molar-refractivity contribution in [3.63, 3.8) is 0 Å². The largest absolute Gasteiger partial charge is 0.466 e. The molecule has 2 atom stereocenters. The first-order valence-corrected chi connectivity index (χ1v) is 12.2. The lowest BCUT2D eigenvalue weighted by Crippen LogP contribution is -2.44. The van der Waals surface area contributed by atoms with Gasteiger partial charge < -0.3 is 15.2 Å². The van der Waals surface area contributed by atoms with Gasteiger partial charge >= 0.3 is 5.97 Å². The van der Waals surface area contributed by atoms with Crippen LogP contribution in [0.1, 0.15) is 56.4 Å². The van der Waals surface area contributed by atoms with E-state index in [4.69, 9.17) is 9.73 Å². The SMILES string of the molecule is CCOC(=O)CCC1=Nc2cc(C(O)NC3CCCCNC3=O)ccc2Sc2ccccc21. The third-order valence-corrected chi connectivity index (χ3v) is 6.88. The molecule has 2 aromatic rings. The van der Waals surface area contributed by atoms with Crippen molar-refractivity contribution in [2.24, 2.45) is 4.99 Å². The van der Waals surface area contributed by atoms with Gasteiger partial charge in [-0.25, -0.2) is 0 Å². The van der Waals surface area contributed by atoms with Crippen molar-refractivity contribution in [1.29, 1.82) is 0 Å². The second-order valence-corrected chi connectivity index (χ2v) is 9.18. The molecule has 2 aromatic carbocycles. The first-order chi connectivity index (χ1) is 16.0. The molecule has 0 aliphatic carbocycles. The number of nitrogens with zero attached hydrogens (tertiary/aromatic N) is 1. The van der Waals surface area contributed by atoms with Crippen molar-refractivity contribution in [2.45, 2.75) is 61.1 Å². The second kappa shape index (κ2) is 11.0. The van der Waals surface area contributed by atoms with Gasteiger partial charge in [0.2, 0.25) is 5.91 Å².